The summed E-state index contributed by atoms with van der Waals surface area (Å²) in [5.74, 6) is 2.82. The molecule has 0 atom stereocenters. The second kappa shape index (κ2) is 4.83. The number of hydrogen-bond donors (Lipinski definition) is 0. The van der Waals surface area contributed by atoms with E-state index in [1.54, 1.807) is 18.2 Å². The second-order valence-electron chi connectivity index (χ2n) is 2.66. The van der Waals surface area contributed by atoms with Crippen molar-refractivity contribution in [2.24, 2.45) is 0 Å². The lowest BCUT2D eigenvalue weighted by atomic mass is 10.1. The molecule has 72 valence electrons. The number of rotatable bonds is 3. The Morgan fingerprint density at radius 1 is 1.64 bits per heavy atom. The highest BCUT2D eigenvalue weighted by Gasteiger charge is 2.11. The number of ketones is 1. The van der Waals surface area contributed by atoms with Crippen molar-refractivity contribution in [1.82, 2.24) is 0 Å². The lowest BCUT2D eigenvalue weighted by Gasteiger charge is -2.08. The Labute approximate surface area is 91.4 Å². The lowest BCUT2D eigenvalue weighted by molar-refractivity contribution is 0.101. The third-order valence-corrected chi connectivity index (χ3v) is 2.30. The maximum Gasteiger partial charge on any atom is 0.164 e. The Bertz CT molecular complexity index is 391. The van der Waals surface area contributed by atoms with Crippen molar-refractivity contribution in [2.45, 2.75) is 6.92 Å². The minimum atomic E-state index is -0.0514. The van der Waals surface area contributed by atoms with Crippen LogP contribution in [0.25, 0.3) is 0 Å². The van der Waals surface area contributed by atoms with Crippen molar-refractivity contribution in [1.29, 1.82) is 0 Å². The van der Waals surface area contributed by atoms with E-state index in [2.05, 4.69) is 21.9 Å². The van der Waals surface area contributed by atoms with Gasteiger partial charge in [-0.15, -0.1) is 6.42 Å². The normalized spacial score (nSPS) is 9.21. The Kier molecular flexibility index (Phi) is 3.73. The van der Waals surface area contributed by atoms with Crippen molar-refractivity contribution in [2.75, 3.05) is 6.61 Å². The highest BCUT2D eigenvalue weighted by Crippen LogP contribution is 2.27. The van der Waals surface area contributed by atoms with Gasteiger partial charge in [-0.3, -0.25) is 4.79 Å². The third-order valence-electron chi connectivity index (χ3n) is 1.64. The van der Waals surface area contributed by atoms with Crippen LogP contribution in [0.1, 0.15) is 17.3 Å². The first kappa shape index (κ1) is 10.8. The largest absolute Gasteiger partial charge is 0.480 e. The molecular weight excluding hydrogens is 244 g/mol. The van der Waals surface area contributed by atoms with Gasteiger partial charge in [0.2, 0.25) is 0 Å². The van der Waals surface area contributed by atoms with Gasteiger partial charge in [-0.25, -0.2) is 0 Å². The fourth-order valence-electron chi connectivity index (χ4n) is 1.09. The summed E-state index contributed by atoms with van der Waals surface area (Å²) in [6.07, 6.45) is 5.07. The minimum Gasteiger partial charge on any atom is -0.480 e. The molecule has 0 aliphatic carbocycles. The molecule has 1 rings (SSSR count). The van der Waals surface area contributed by atoms with E-state index < -0.39 is 0 Å². The summed E-state index contributed by atoms with van der Waals surface area (Å²) < 4.78 is 5.96. The smallest absolute Gasteiger partial charge is 0.164 e. The van der Waals surface area contributed by atoms with E-state index in [0.29, 0.717) is 11.3 Å². The molecule has 0 radical (unpaired) electrons. The molecule has 1 aromatic rings. The van der Waals surface area contributed by atoms with E-state index in [4.69, 9.17) is 11.2 Å². The number of carbonyl (C=O) groups excluding carboxylic acids is 1. The first-order valence-electron chi connectivity index (χ1n) is 4.02. The van der Waals surface area contributed by atoms with E-state index in [9.17, 15) is 4.79 Å². The number of halogens is 1. The monoisotopic (exact) mass is 252 g/mol. The zero-order valence-electron chi connectivity index (χ0n) is 7.71. The van der Waals surface area contributed by atoms with Gasteiger partial charge < -0.3 is 4.74 Å². The molecule has 3 heteroatoms. The molecule has 0 N–H and O–H groups in total. The Balaban J connectivity index is 3.09. The minimum absolute atomic E-state index is 0.0514. The summed E-state index contributed by atoms with van der Waals surface area (Å²) in [4.78, 5) is 11.3. The molecule has 1 aromatic carbocycles. The molecule has 0 unspecified atom stereocenters. The van der Waals surface area contributed by atoms with Crippen molar-refractivity contribution >= 4 is 21.7 Å². The van der Waals surface area contributed by atoms with Crippen molar-refractivity contribution in [3.05, 3.63) is 28.2 Å². The van der Waals surface area contributed by atoms with Gasteiger partial charge in [0, 0.05) is 4.47 Å². The summed E-state index contributed by atoms with van der Waals surface area (Å²) in [6.45, 7) is 1.65. The van der Waals surface area contributed by atoms with Gasteiger partial charge in [-0.2, -0.15) is 0 Å². The van der Waals surface area contributed by atoms with Crippen LogP contribution in [-0.2, 0) is 0 Å². The van der Waals surface area contributed by atoms with Gasteiger partial charge >= 0.3 is 0 Å². The first-order chi connectivity index (χ1) is 6.66. The molecule has 0 saturated heterocycles. The topological polar surface area (TPSA) is 26.3 Å². The first-order valence-corrected chi connectivity index (χ1v) is 4.82. The second-order valence-corrected chi connectivity index (χ2v) is 3.52. The highest BCUT2D eigenvalue weighted by molar-refractivity contribution is 9.10. The van der Waals surface area contributed by atoms with E-state index in [1.807, 2.05) is 0 Å². The number of Topliss-reactive ketones (excluding diaryl/α,β-unsaturated/α-hetero) is 1. The highest BCUT2D eigenvalue weighted by atomic mass is 79.9. The molecule has 0 aromatic heterocycles. The molecule has 0 heterocycles. The number of carbonyl (C=O) groups is 1. The predicted octanol–water partition coefficient (Wildman–Crippen LogP) is 2.66. The van der Waals surface area contributed by atoms with Crippen LogP contribution in [0.4, 0.5) is 0 Å². The fourth-order valence-corrected chi connectivity index (χ4v) is 1.71. The van der Waals surface area contributed by atoms with Crippen LogP contribution >= 0.6 is 15.9 Å². The van der Waals surface area contributed by atoms with E-state index in [1.165, 1.54) is 6.92 Å². The molecule has 0 aliphatic heterocycles. The van der Waals surface area contributed by atoms with Gasteiger partial charge in [-0.1, -0.05) is 12.0 Å². The van der Waals surface area contributed by atoms with Crippen LogP contribution in [0.5, 0.6) is 5.75 Å². The third kappa shape index (κ3) is 2.36. The number of benzene rings is 1. The number of terminal acetylenes is 1. The molecule has 2 nitrogen and oxygen atoms in total. The maximum atomic E-state index is 11.3. The van der Waals surface area contributed by atoms with Gasteiger partial charge in [0.15, 0.2) is 5.78 Å². The van der Waals surface area contributed by atoms with Crippen LogP contribution in [0.2, 0.25) is 0 Å². The van der Waals surface area contributed by atoms with Crippen LogP contribution in [-0.4, -0.2) is 12.4 Å². The van der Waals surface area contributed by atoms with Crippen LogP contribution in [0, 0.1) is 12.3 Å². The average molecular weight is 253 g/mol. The van der Waals surface area contributed by atoms with Gasteiger partial charge in [0.25, 0.3) is 0 Å². The van der Waals surface area contributed by atoms with Crippen LogP contribution in [0.15, 0.2) is 22.7 Å². The van der Waals surface area contributed by atoms with Crippen molar-refractivity contribution < 1.29 is 9.53 Å². The standard InChI is InChI=1S/C11H9BrO2/c1-3-7-14-10-6-4-5-9(12)11(10)8(2)13/h1,4-6H,7H2,2H3. The molecule has 0 fully saturated rings. The summed E-state index contributed by atoms with van der Waals surface area (Å²) in [5.41, 5.74) is 0.530. The molecule has 14 heavy (non-hydrogen) atoms. The number of hydrogen-bond acceptors (Lipinski definition) is 2. The maximum absolute atomic E-state index is 11.3. The summed E-state index contributed by atoms with van der Waals surface area (Å²) in [7, 11) is 0. The fraction of sp³-hybridized carbons (Fsp3) is 0.182. The Hall–Kier alpha value is -1.27. The van der Waals surface area contributed by atoms with Crippen molar-refractivity contribution in [3.8, 4) is 18.1 Å². The zero-order valence-corrected chi connectivity index (χ0v) is 9.30. The molecular formula is C11H9BrO2. The quantitative estimate of drug-likeness (QED) is 0.611. The molecule has 0 bridgehead atoms. The molecule has 0 spiro atoms. The Morgan fingerprint density at radius 3 is 2.93 bits per heavy atom. The van der Waals surface area contributed by atoms with E-state index >= 15 is 0 Å². The molecule has 0 amide bonds. The van der Waals surface area contributed by atoms with Gasteiger partial charge in [0.1, 0.15) is 12.4 Å². The SMILES string of the molecule is C#CCOc1cccc(Br)c1C(C)=O. The summed E-state index contributed by atoms with van der Waals surface area (Å²) >= 11 is 3.29. The lowest BCUT2D eigenvalue weighted by Crippen LogP contribution is -2.02. The summed E-state index contributed by atoms with van der Waals surface area (Å²) in [5, 5.41) is 0. The molecule has 0 aliphatic rings. The number of ether oxygens (including phenoxy) is 1. The zero-order chi connectivity index (χ0) is 10.6. The van der Waals surface area contributed by atoms with E-state index in [0.717, 1.165) is 4.47 Å². The van der Waals surface area contributed by atoms with Crippen LogP contribution in [0.3, 0.4) is 0 Å². The average Bonchev–Trinajstić information content (AvgIpc) is 2.14. The van der Waals surface area contributed by atoms with Gasteiger partial charge in [0.05, 0.1) is 5.56 Å². The van der Waals surface area contributed by atoms with E-state index in [-0.39, 0.29) is 12.4 Å². The van der Waals surface area contributed by atoms with Gasteiger partial charge in [-0.05, 0) is 35.0 Å². The molecule has 0 saturated carbocycles. The van der Waals surface area contributed by atoms with Crippen LogP contribution < -0.4 is 4.74 Å². The van der Waals surface area contributed by atoms with Crippen molar-refractivity contribution in [3.63, 3.8) is 0 Å². The Morgan fingerprint density at radius 2 is 2.36 bits per heavy atom. The predicted molar refractivity (Wildman–Crippen MR) is 58.5 cm³/mol. The summed E-state index contributed by atoms with van der Waals surface area (Å²) in [6, 6.07) is 5.31.